The van der Waals surface area contributed by atoms with Crippen LogP contribution in [0.1, 0.15) is 35.7 Å². The molecule has 0 unspecified atom stereocenters. The average Bonchev–Trinajstić information content (AvgIpc) is 2.88. The van der Waals surface area contributed by atoms with Gasteiger partial charge in [-0.05, 0) is 32.9 Å². The molecule has 0 saturated heterocycles. The molecule has 0 aromatic carbocycles. The van der Waals surface area contributed by atoms with Crippen LogP contribution in [0.2, 0.25) is 0 Å². The smallest absolute Gasteiger partial charge is 0.120 e. The van der Waals surface area contributed by atoms with Gasteiger partial charge in [0.05, 0.1) is 18.0 Å². The zero-order valence-corrected chi connectivity index (χ0v) is 10.8. The minimum absolute atomic E-state index is 0.212. The highest BCUT2D eigenvalue weighted by Gasteiger charge is 2.12. The van der Waals surface area contributed by atoms with Crippen molar-refractivity contribution in [2.24, 2.45) is 7.05 Å². The van der Waals surface area contributed by atoms with Crippen molar-refractivity contribution in [1.82, 2.24) is 15.1 Å². The highest BCUT2D eigenvalue weighted by molar-refractivity contribution is 5.24. The Morgan fingerprint density at radius 2 is 2.24 bits per heavy atom. The first kappa shape index (κ1) is 11.9. The fourth-order valence-electron chi connectivity index (χ4n) is 1.97. The molecule has 1 atom stereocenters. The van der Waals surface area contributed by atoms with E-state index in [1.165, 1.54) is 11.3 Å². The summed E-state index contributed by atoms with van der Waals surface area (Å²) < 4.78 is 7.29. The molecule has 2 aromatic rings. The lowest BCUT2D eigenvalue weighted by molar-refractivity contribution is 0.429. The molecule has 2 aromatic heterocycles. The van der Waals surface area contributed by atoms with Crippen LogP contribution in [-0.2, 0) is 13.6 Å². The van der Waals surface area contributed by atoms with Crippen LogP contribution in [-0.4, -0.2) is 9.78 Å². The van der Waals surface area contributed by atoms with Crippen molar-refractivity contribution in [2.45, 2.75) is 33.4 Å². The molecule has 92 valence electrons. The summed E-state index contributed by atoms with van der Waals surface area (Å²) in [4.78, 5) is 0. The second-order valence-electron chi connectivity index (χ2n) is 4.39. The lowest BCUT2D eigenvalue weighted by Crippen LogP contribution is -2.18. The zero-order chi connectivity index (χ0) is 12.4. The minimum atomic E-state index is 0.212. The van der Waals surface area contributed by atoms with Crippen LogP contribution >= 0.6 is 0 Å². The molecule has 0 bridgehead atoms. The predicted octanol–water partition coefficient (Wildman–Crippen LogP) is 2.48. The van der Waals surface area contributed by atoms with E-state index in [0.717, 1.165) is 18.0 Å². The summed E-state index contributed by atoms with van der Waals surface area (Å²) in [5.74, 6) is 0.962. The topological polar surface area (TPSA) is 43.0 Å². The van der Waals surface area contributed by atoms with Gasteiger partial charge >= 0.3 is 0 Å². The average molecular weight is 233 g/mol. The van der Waals surface area contributed by atoms with E-state index in [4.69, 9.17) is 4.42 Å². The van der Waals surface area contributed by atoms with Crippen LogP contribution < -0.4 is 5.32 Å². The van der Waals surface area contributed by atoms with E-state index < -0.39 is 0 Å². The summed E-state index contributed by atoms with van der Waals surface area (Å²) in [6.07, 6.45) is 1.70. The van der Waals surface area contributed by atoms with Gasteiger partial charge in [0.25, 0.3) is 0 Å². The first-order valence-corrected chi connectivity index (χ1v) is 5.85. The molecule has 0 saturated carbocycles. The van der Waals surface area contributed by atoms with Crippen LogP contribution in [0.3, 0.4) is 0 Å². The third kappa shape index (κ3) is 2.42. The Morgan fingerprint density at radius 3 is 2.76 bits per heavy atom. The van der Waals surface area contributed by atoms with Crippen LogP contribution in [0.4, 0.5) is 0 Å². The number of hydrogen-bond donors (Lipinski definition) is 1. The van der Waals surface area contributed by atoms with Gasteiger partial charge in [-0.2, -0.15) is 5.10 Å². The zero-order valence-electron chi connectivity index (χ0n) is 10.8. The third-order valence-electron chi connectivity index (χ3n) is 3.21. The Hall–Kier alpha value is -1.55. The second-order valence-corrected chi connectivity index (χ2v) is 4.39. The van der Waals surface area contributed by atoms with E-state index in [1.54, 1.807) is 6.26 Å². The van der Waals surface area contributed by atoms with Crippen LogP contribution in [0.25, 0.3) is 0 Å². The molecular weight excluding hydrogens is 214 g/mol. The Morgan fingerprint density at radius 1 is 1.47 bits per heavy atom. The molecule has 0 fully saturated rings. The quantitative estimate of drug-likeness (QED) is 0.882. The molecule has 1 N–H and O–H groups in total. The molecule has 2 heterocycles. The molecule has 0 radical (unpaired) electrons. The number of aromatic nitrogens is 2. The van der Waals surface area contributed by atoms with E-state index in [-0.39, 0.29) is 6.04 Å². The van der Waals surface area contributed by atoms with Crippen molar-refractivity contribution in [1.29, 1.82) is 0 Å². The van der Waals surface area contributed by atoms with Crippen molar-refractivity contribution in [3.8, 4) is 0 Å². The van der Waals surface area contributed by atoms with Gasteiger partial charge in [0.1, 0.15) is 5.76 Å². The van der Waals surface area contributed by atoms with Gasteiger partial charge in [-0.3, -0.25) is 4.68 Å². The molecule has 0 aliphatic carbocycles. The standard InChI is InChI=1S/C13H19N3O/c1-9-12(11(3)16(4)15-9)8-14-10(2)13-6-5-7-17-13/h5-7,10,14H,8H2,1-4H3/t10-/m1/s1. The summed E-state index contributed by atoms with van der Waals surface area (Å²) in [6.45, 7) is 7.05. The van der Waals surface area contributed by atoms with Crippen molar-refractivity contribution in [3.05, 3.63) is 41.1 Å². The van der Waals surface area contributed by atoms with Crippen molar-refractivity contribution >= 4 is 0 Å². The van der Waals surface area contributed by atoms with Gasteiger partial charge in [0, 0.05) is 24.8 Å². The largest absolute Gasteiger partial charge is 0.468 e. The molecule has 17 heavy (non-hydrogen) atoms. The van der Waals surface area contributed by atoms with Gasteiger partial charge in [0.15, 0.2) is 0 Å². The lowest BCUT2D eigenvalue weighted by atomic mass is 10.1. The Balaban J connectivity index is 2.03. The van der Waals surface area contributed by atoms with Gasteiger partial charge in [-0.15, -0.1) is 0 Å². The van der Waals surface area contributed by atoms with Gasteiger partial charge in [-0.25, -0.2) is 0 Å². The first-order chi connectivity index (χ1) is 8.09. The SMILES string of the molecule is Cc1nn(C)c(C)c1CN[C@H](C)c1ccco1. The summed E-state index contributed by atoms with van der Waals surface area (Å²) in [7, 11) is 1.97. The number of aryl methyl sites for hydroxylation is 2. The van der Waals surface area contributed by atoms with E-state index in [2.05, 4.69) is 24.3 Å². The first-order valence-electron chi connectivity index (χ1n) is 5.85. The number of nitrogens with one attached hydrogen (secondary N) is 1. The molecule has 0 spiro atoms. The molecular formula is C13H19N3O. The number of rotatable bonds is 4. The number of nitrogens with zero attached hydrogens (tertiary/aromatic N) is 2. The van der Waals surface area contributed by atoms with Crippen molar-refractivity contribution in [3.63, 3.8) is 0 Å². The monoisotopic (exact) mass is 233 g/mol. The van der Waals surface area contributed by atoms with Crippen LogP contribution in [0.5, 0.6) is 0 Å². The fraction of sp³-hybridized carbons (Fsp3) is 0.462. The summed E-state index contributed by atoms with van der Waals surface area (Å²) in [5.41, 5.74) is 3.57. The highest BCUT2D eigenvalue weighted by atomic mass is 16.3. The van der Waals surface area contributed by atoms with Crippen LogP contribution in [0.15, 0.2) is 22.8 Å². The van der Waals surface area contributed by atoms with E-state index in [9.17, 15) is 0 Å². The van der Waals surface area contributed by atoms with Gasteiger partial charge < -0.3 is 9.73 Å². The Kier molecular flexibility index (Phi) is 3.33. The second kappa shape index (κ2) is 4.75. The van der Waals surface area contributed by atoms with Gasteiger partial charge in [0.2, 0.25) is 0 Å². The molecule has 0 aliphatic rings. The van der Waals surface area contributed by atoms with Crippen molar-refractivity contribution in [2.75, 3.05) is 0 Å². The minimum Gasteiger partial charge on any atom is -0.468 e. The van der Waals surface area contributed by atoms with Gasteiger partial charge in [-0.1, -0.05) is 0 Å². The molecule has 0 aliphatic heterocycles. The maximum Gasteiger partial charge on any atom is 0.120 e. The summed E-state index contributed by atoms with van der Waals surface area (Å²) in [6, 6.07) is 4.11. The Labute approximate surface area is 102 Å². The molecule has 2 rings (SSSR count). The predicted molar refractivity (Wildman–Crippen MR) is 66.6 cm³/mol. The number of furan rings is 1. The summed E-state index contributed by atoms with van der Waals surface area (Å²) >= 11 is 0. The maximum absolute atomic E-state index is 5.37. The van der Waals surface area contributed by atoms with Crippen LogP contribution in [0, 0.1) is 13.8 Å². The molecule has 0 amide bonds. The van der Waals surface area contributed by atoms with E-state index in [1.807, 2.05) is 30.8 Å². The van der Waals surface area contributed by atoms with E-state index >= 15 is 0 Å². The van der Waals surface area contributed by atoms with Crippen molar-refractivity contribution < 1.29 is 4.42 Å². The normalized spacial score (nSPS) is 12.9. The lowest BCUT2D eigenvalue weighted by Gasteiger charge is -2.11. The maximum atomic E-state index is 5.37. The highest BCUT2D eigenvalue weighted by Crippen LogP contribution is 2.16. The third-order valence-corrected chi connectivity index (χ3v) is 3.21. The Bertz CT molecular complexity index is 485. The van der Waals surface area contributed by atoms with E-state index in [0.29, 0.717) is 0 Å². The fourth-order valence-corrected chi connectivity index (χ4v) is 1.97. The molecule has 4 heteroatoms. The summed E-state index contributed by atoms with van der Waals surface area (Å²) in [5, 5.41) is 7.85. The number of hydrogen-bond acceptors (Lipinski definition) is 3. The molecule has 4 nitrogen and oxygen atoms in total.